The standard InChI is InChI=1S/C25H26BrP.C5H10/c1-19(22-15-8-9-17-24(22)26)23-16-10-18-25(23)27(20-11-4-2-5-12-20)21-13-6-3-7-14-21;1-2-4-5-3-1/h2-9,11-15,17,19,23,25H,10,16,18H2,1H3;1-5H2/t19-,23?,25?;/m1./s1. The second-order valence-electron chi connectivity index (χ2n) is 9.28. The van der Waals surface area contributed by atoms with Crippen molar-refractivity contribution in [3.8, 4) is 0 Å². The quantitative estimate of drug-likeness (QED) is 0.303. The van der Waals surface area contributed by atoms with Gasteiger partial charge in [0.25, 0.3) is 0 Å². The van der Waals surface area contributed by atoms with Gasteiger partial charge >= 0.3 is 0 Å². The predicted molar refractivity (Wildman–Crippen MR) is 146 cm³/mol. The minimum Gasteiger partial charge on any atom is -0.0622 e. The molecule has 0 N–H and O–H groups in total. The third-order valence-electron chi connectivity index (χ3n) is 7.22. The predicted octanol–water partition coefficient (Wildman–Crippen LogP) is 8.80. The van der Waals surface area contributed by atoms with Gasteiger partial charge < -0.3 is 0 Å². The molecule has 3 aromatic carbocycles. The van der Waals surface area contributed by atoms with Crippen LogP contribution in [0.3, 0.4) is 0 Å². The zero-order chi connectivity index (χ0) is 22.2. The first-order chi connectivity index (χ1) is 15.8. The molecule has 2 aliphatic rings. The van der Waals surface area contributed by atoms with Gasteiger partial charge in [-0.3, -0.25) is 0 Å². The molecule has 5 rings (SSSR count). The normalized spacial score (nSPS) is 21.2. The van der Waals surface area contributed by atoms with E-state index in [1.807, 2.05) is 0 Å². The monoisotopic (exact) mass is 506 g/mol. The average molecular weight is 507 g/mol. The maximum absolute atomic E-state index is 3.80. The van der Waals surface area contributed by atoms with Crippen molar-refractivity contribution >= 4 is 34.5 Å². The van der Waals surface area contributed by atoms with Gasteiger partial charge in [0.2, 0.25) is 0 Å². The zero-order valence-electron chi connectivity index (χ0n) is 19.3. The van der Waals surface area contributed by atoms with Gasteiger partial charge in [-0.15, -0.1) is 0 Å². The van der Waals surface area contributed by atoms with E-state index < -0.39 is 0 Å². The smallest absolute Gasteiger partial charge is 0.0210 e. The lowest BCUT2D eigenvalue weighted by atomic mass is 9.86. The molecule has 3 atom stereocenters. The van der Waals surface area contributed by atoms with Crippen molar-refractivity contribution in [3.63, 3.8) is 0 Å². The third-order valence-corrected chi connectivity index (χ3v) is 11.0. The highest BCUT2D eigenvalue weighted by Crippen LogP contribution is 2.54. The molecular weight excluding hydrogens is 471 g/mol. The lowest BCUT2D eigenvalue weighted by Gasteiger charge is -2.34. The molecule has 0 radical (unpaired) electrons. The van der Waals surface area contributed by atoms with E-state index in [-0.39, 0.29) is 7.92 Å². The molecule has 2 aliphatic carbocycles. The Morgan fingerprint density at radius 3 is 1.69 bits per heavy atom. The van der Waals surface area contributed by atoms with Crippen LogP contribution in [0.5, 0.6) is 0 Å². The van der Waals surface area contributed by atoms with Crippen molar-refractivity contribution in [1.29, 1.82) is 0 Å². The maximum atomic E-state index is 3.80. The SMILES string of the molecule is C1CCCC1.C[C@H](c1ccccc1Br)C1CCCC1P(c1ccccc1)c1ccccc1. The molecule has 0 heterocycles. The minimum atomic E-state index is -0.339. The molecule has 0 saturated heterocycles. The lowest BCUT2D eigenvalue weighted by Crippen LogP contribution is -2.27. The summed E-state index contributed by atoms with van der Waals surface area (Å²) in [5, 5.41) is 3.05. The molecular formula is C30H36BrP. The van der Waals surface area contributed by atoms with Crippen LogP contribution in [0.4, 0.5) is 0 Å². The van der Waals surface area contributed by atoms with Crippen LogP contribution in [0.2, 0.25) is 0 Å². The first-order valence-corrected chi connectivity index (χ1v) is 14.6. The van der Waals surface area contributed by atoms with Crippen LogP contribution in [0.15, 0.2) is 89.4 Å². The molecule has 0 aliphatic heterocycles. The van der Waals surface area contributed by atoms with Crippen molar-refractivity contribution in [1.82, 2.24) is 0 Å². The van der Waals surface area contributed by atoms with Gasteiger partial charge in [-0.05, 0) is 60.5 Å². The fraction of sp³-hybridized carbons (Fsp3) is 0.400. The van der Waals surface area contributed by atoms with Crippen LogP contribution in [0, 0.1) is 5.92 Å². The van der Waals surface area contributed by atoms with Gasteiger partial charge in [-0.25, -0.2) is 0 Å². The van der Waals surface area contributed by atoms with E-state index in [4.69, 9.17) is 0 Å². The Bertz CT molecular complexity index is 888. The summed E-state index contributed by atoms with van der Waals surface area (Å²) in [5.41, 5.74) is 2.21. The summed E-state index contributed by atoms with van der Waals surface area (Å²) in [6.07, 6.45) is 11.5. The summed E-state index contributed by atoms with van der Waals surface area (Å²) in [7, 11) is -0.339. The maximum Gasteiger partial charge on any atom is 0.0210 e. The van der Waals surface area contributed by atoms with E-state index in [2.05, 4.69) is 108 Å². The first-order valence-electron chi connectivity index (χ1n) is 12.4. The zero-order valence-corrected chi connectivity index (χ0v) is 21.8. The van der Waals surface area contributed by atoms with Crippen LogP contribution in [-0.4, -0.2) is 5.66 Å². The molecule has 2 heteroatoms. The Kier molecular flexibility index (Phi) is 9.01. The summed E-state index contributed by atoms with van der Waals surface area (Å²) in [6.45, 7) is 2.44. The van der Waals surface area contributed by atoms with Crippen LogP contribution >= 0.6 is 23.9 Å². The Hall–Kier alpha value is -1.43. The van der Waals surface area contributed by atoms with E-state index in [0.29, 0.717) is 5.92 Å². The van der Waals surface area contributed by atoms with Crippen LogP contribution in [0.1, 0.15) is 69.8 Å². The summed E-state index contributed by atoms with van der Waals surface area (Å²) in [5.74, 6) is 1.31. The Balaban J connectivity index is 0.000000433. The van der Waals surface area contributed by atoms with Crippen molar-refractivity contribution in [2.75, 3.05) is 0 Å². The molecule has 0 nitrogen and oxygen atoms in total. The van der Waals surface area contributed by atoms with Crippen molar-refractivity contribution < 1.29 is 0 Å². The van der Waals surface area contributed by atoms with Gasteiger partial charge in [-0.1, -0.05) is 140 Å². The summed E-state index contributed by atoms with van der Waals surface area (Å²) in [6, 6.07) is 31.3. The highest BCUT2D eigenvalue weighted by Gasteiger charge is 2.38. The Morgan fingerprint density at radius 2 is 1.16 bits per heavy atom. The van der Waals surface area contributed by atoms with E-state index in [0.717, 1.165) is 11.6 Å². The van der Waals surface area contributed by atoms with E-state index in [1.165, 1.54) is 72.0 Å². The summed E-state index contributed by atoms with van der Waals surface area (Å²) < 4.78 is 1.26. The molecule has 0 spiro atoms. The molecule has 0 aromatic heterocycles. The lowest BCUT2D eigenvalue weighted by molar-refractivity contribution is 0.466. The second kappa shape index (κ2) is 12.2. The molecule has 2 unspecified atom stereocenters. The largest absolute Gasteiger partial charge is 0.0622 e. The summed E-state index contributed by atoms with van der Waals surface area (Å²) >= 11 is 3.80. The van der Waals surface area contributed by atoms with E-state index in [1.54, 1.807) is 0 Å². The number of hydrogen-bond donors (Lipinski definition) is 0. The first kappa shape index (κ1) is 23.7. The highest BCUT2D eigenvalue weighted by molar-refractivity contribution is 9.10. The average Bonchev–Trinajstić information content (AvgIpc) is 3.57. The van der Waals surface area contributed by atoms with Gasteiger partial charge in [0.15, 0.2) is 0 Å². The molecule has 168 valence electrons. The third kappa shape index (κ3) is 5.92. The number of halogens is 1. The molecule has 32 heavy (non-hydrogen) atoms. The van der Waals surface area contributed by atoms with E-state index in [9.17, 15) is 0 Å². The van der Waals surface area contributed by atoms with Crippen molar-refractivity contribution in [2.45, 2.75) is 69.9 Å². The van der Waals surface area contributed by atoms with Crippen molar-refractivity contribution in [2.24, 2.45) is 5.92 Å². The number of benzene rings is 3. The minimum absolute atomic E-state index is 0.339. The molecule has 2 saturated carbocycles. The van der Waals surface area contributed by atoms with Crippen molar-refractivity contribution in [3.05, 3.63) is 95.0 Å². The number of hydrogen-bond acceptors (Lipinski definition) is 0. The molecule has 2 fully saturated rings. The number of rotatable bonds is 5. The van der Waals surface area contributed by atoms with Crippen LogP contribution in [0.25, 0.3) is 0 Å². The van der Waals surface area contributed by atoms with Crippen LogP contribution < -0.4 is 10.6 Å². The van der Waals surface area contributed by atoms with Gasteiger partial charge in [0.05, 0.1) is 0 Å². The van der Waals surface area contributed by atoms with Gasteiger partial charge in [0.1, 0.15) is 0 Å². The summed E-state index contributed by atoms with van der Waals surface area (Å²) in [4.78, 5) is 0. The Labute approximate surface area is 204 Å². The van der Waals surface area contributed by atoms with Crippen LogP contribution in [-0.2, 0) is 0 Å². The van der Waals surface area contributed by atoms with Gasteiger partial charge in [-0.2, -0.15) is 0 Å². The molecule has 3 aromatic rings. The fourth-order valence-corrected chi connectivity index (χ4v) is 9.47. The second-order valence-corrected chi connectivity index (χ2v) is 12.6. The molecule has 0 amide bonds. The highest BCUT2D eigenvalue weighted by atomic mass is 79.9. The van der Waals surface area contributed by atoms with Gasteiger partial charge in [0, 0.05) is 4.47 Å². The van der Waals surface area contributed by atoms with E-state index >= 15 is 0 Å². The fourth-order valence-electron chi connectivity index (χ4n) is 5.54. The topological polar surface area (TPSA) is 0 Å². The molecule has 0 bridgehead atoms. The Morgan fingerprint density at radius 1 is 0.656 bits per heavy atom.